The Kier molecular flexibility index (Phi) is 5.18. The Morgan fingerprint density at radius 2 is 1.97 bits per heavy atom. The van der Waals surface area contributed by atoms with Crippen molar-refractivity contribution in [2.24, 2.45) is 0 Å². The summed E-state index contributed by atoms with van der Waals surface area (Å²) in [5.41, 5.74) is 2.24. The van der Waals surface area contributed by atoms with Crippen LogP contribution >= 0.6 is 0 Å². The average molecular weight is 443 g/mol. The van der Waals surface area contributed by atoms with E-state index >= 15 is 0 Å². The molecular formula is C22H26N4O4S. The Morgan fingerprint density at radius 1 is 1.19 bits per heavy atom. The number of carbonyl (C=O) groups is 1. The summed E-state index contributed by atoms with van der Waals surface area (Å²) >= 11 is 0. The minimum absolute atomic E-state index is 0.0230. The monoisotopic (exact) mass is 442 g/mol. The minimum atomic E-state index is -3.49. The van der Waals surface area contributed by atoms with Crippen LogP contribution < -0.4 is 4.90 Å². The molecule has 1 aromatic carbocycles. The second-order valence-electron chi connectivity index (χ2n) is 8.23. The lowest BCUT2D eigenvalue weighted by molar-refractivity contribution is 0.0639. The molecule has 0 N–H and O–H groups in total. The third-order valence-corrected chi connectivity index (χ3v) is 8.32. The Hall–Kier alpha value is -2.52. The SMILES string of the molecule is CCS(=O)(=O)c1ccccc1C(=O)N1[C@H]2CC[C@@H]1c1cnc(N3CCOCC3)nc1C2. The Bertz CT molecular complexity index is 1110. The average Bonchev–Trinajstić information content (AvgIpc) is 3.13. The molecule has 2 saturated heterocycles. The van der Waals surface area contributed by atoms with Gasteiger partial charge in [0.1, 0.15) is 0 Å². The van der Waals surface area contributed by atoms with Crippen molar-refractivity contribution < 1.29 is 17.9 Å². The van der Waals surface area contributed by atoms with Crippen LogP contribution in [0, 0.1) is 0 Å². The molecule has 4 heterocycles. The van der Waals surface area contributed by atoms with Crippen molar-refractivity contribution in [3.8, 4) is 0 Å². The highest BCUT2D eigenvalue weighted by Crippen LogP contribution is 2.44. The van der Waals surface area contributed by atoms with E-state index in [1.165, 1.54) is 6.07 Å². The number of aromatic nitrogens is 2. The van der Waals surface area contributed by atoms with Gasteiger partial charge in [-0.1, -0.05) is 19.1 Å². The van der Waals surface area contributed by atoms with Gasteiger partial charge in [0, 0.05) is 37.3 Å². The van der Waals surface area contributed by atoms with E-state index in [0.29, 0.717) is 19.6 Å². The molecule has 9 heteroatoms. The lowest BCUT2D eigenvalue weighted by Gasteiger charge is -2.36. The lowest BCUT2D eigenvalue weighted by Crippen LogP contribution is -2.43. The third-order valence-electron chi connectivity index (χ3n) is 6.54. The molecule has 0 radical (unpaired) electrons. The maximum atomic E-state index is 13.6. The second-order valence-corrected chi connectivity index (χ2v) is 10.5. The van der Waals surface area contributed by atoms with Crippen LogP contribution in [0.5, 0.6) is 0 Å². The molecule has 2 aromatic rings. The summed E-state index contributed by atoms with van der Waals surface area (Å²) in [6.45, 7) is 4.50. The van der Waals surface area contributed by atoms with Gasteiger partial charge >= 0.3 is 0 Å². The predicted octanol–water partition coefficient (Wildman–Crippen LogP) is 2.01. The van der Waals surface area contributed by atoms with E-state index in [0.717, 1.165) is 43.1 Å². The Labute approximate surface area is 182 Å². The standard InChI is InChI=1S/C22H26N4O4S/c1-2-31(28,29)20-6-4-3-5-16(20)21(27)26-15-7-8-19(26)17-14-23-22(24-18(17)13-15)25-9-11-30-12-10-25/h3-6,14-15,19H,2,7-13H2,1H3/t15-,19+/m0/s1. The van der Waals surface area contributed by atoms with Crippen LogP contribution in [0.2, 0.25) is 0 Å². The zero-order valence-corrected chi connectivity index (χ0v) is 18.3. The summed E-state index contributed by atoms with van der Waals surface area (Å²) in [6, 6.07) is 6.45. The van der Waals surface area contributed by atoms with Crippen LogP contribution in [-0.2, 0) is 21.0 Å². The zero-order chi connectivity index (χ0) is 21.6. The molecule has 0 unspecified atom stereocenters. The van der Waals surface area contributed by atoms with Gasteiger partial charge in [0.15, 0.2) is 9.84 Å². The molecule has 1 aromatic heterocycles. The van der Waals surface area contributed by atoms with Gasteiger partial charge < -0.3 is 14.5 Å². The van der Waals surface area contributed by atoms with Crippen molar-refractivity contribution >= 4 is 21.7 Å². The summed E-state index contributed by atoms with van der Waals surface area (Å²) in [7, 11) is -3.49. The first-order chi connectivity index (χ1) is 15.0. The number of sulfone groups is 1. The van der Waals surface area contributed by atoms with Crippen molar-refractivity contribution in [3.63, 3.8) is 0 Å². The maximum absolute atomic E-state index is 13.6. The summed E-state index contributed by atoms with van der Waals surface area (Å²) in [5.74, 6) is 0.467. The topological polar surface area (TPSA) is 92.7 Å². The Morgan fingerprint density at radius 3 is 2.74 bits per heavy atom. The molecule has 0 spiro atoms. The summed E-state index contributed by atoms with van der Waals surface area (Å²) in [4.78, 5) is 27.1. The molecule has 5 rings (SSSR count). The molecular weight excluding hydrogens is 416 g/mol. The van der Waals surface area contributed by atoms with E-state index in [2.05, 4.69) is 9.88 Å². The van der Waals surface area contributed by atoms with Gasteiger partial charge in [-0.05, 0) is 25.0 Å². The number of carbonyl (C=O) groups excluding carboxylic acids is 1. The fraction of sp³-hybridized carbons (Fsp3) is 0.500. The number of amides is 1. The Balaban J connectivity index is 1.47. The van der Waals surface area contributed by atoms with E-state index in [1.807, 2.05) is 11.1 Å². The number of ether oxygens (including phenoxy) is 1. The second kappa shape index (κ2) is 7.87. The number of anilines is 1. The highest BCUT2D eigenvalue weighted by Gasteiger charge is 2.44. The van der Waals surface area contributed by atoms with Gasteiger partial charge in [0.05, 0.1) is 41.2 Å². The minimum Gasteiger partial charge on any atom is -0.378 e. The van der Waals surface area contributed by atoms with Crippen LogP contribution in [0.15, 0.2) is 35.4 Å². The molecule has 0 saturated carbocycles. The molecule has 0 aliphatic carbocycles. The van der Waals surface area contributed by atoms with Gasteiger partial charge in [-0.15, -0.1) is 0 Å². The van der Waals surface area contributed by atoms with Crippen LogP contribution in [0.25, 0.3) is 0 Å². The van der Waals surface area contributed by atoms with E-state index < -0.39 is 9.84 Å². The highest BCUT2D eigenvalue weighted by molar-refractivity contribution is 7.91. The molecule has 164 valence electrons. The zero-order valence-electron chi connectivity index (χ0n) is 17.5. The van der Waals surface area contributed by atoms with Gasteiger partial charge in [-0.3, -0.25) is 4.79 Å². The van der Waals surface area contributed by atoms with Crippen LogP contribution in [0.4, 0.5) is 5.95 Å². The number of hydrogen-bond acceptors (Lipinski definition) is 7. The smallest absolute Gasteiger partial charge is 0.255 e. The van der Waals surface area contributed by atoms with Crippen LogP contribution in [-0.4, -0.2) is 67.3 Å². The van der Waals surface area contributed by atoms with Crippen molar-refractivity contribution in [3.05, 3.63) is 47.3 Å². The number of benzene rings is 1. The fourth-order valence-corrected chi connectivity index (χ4v) is 5.99. The van der Waals surface area contributed by atoms with Gasteiger partial charge in [-0.25, -0.2) is 18.4 Å². The van der Waals surface area contributed by atoms with Crippen LogP contribution in [0.1, 0.15) is 47.4 Å². The van der Waals surface area contributed by atoms with Crippen molar-refractivity contribution in [1.82, 2.24) is 14.9 Å². The number of rotatable bonds is 4. The predicted molar refractivity (Wildman–Crippen MR) is 115 cm³/mol. The first-order valence-electron chi connectivity index (χ1n) is 10.8. The van der Waals surface area contributed by atoms with Gasteiger partial charge in [0.25, 0.3) is 5.91 Å². The normalized spacial score (nSPS) is 23.0. The number of nitrogens with zero attached hydrogens (tertiary/aromatic N) is 4. The molecule has 2 atom stereocenters. The maximum Gasteiger partial charge on any atom is 0.255 e. The van der Waals surface area contributed by atoms with Gasteiger partial charge in [0.2, 0.25) is 5.95 Å². The number of hydrogen-bond donors (Lipinski definition) is 0. The number of fused-ring (bicyclic) bond motifs is 4. The molecule has 1 amide bonds. The molecule has 31 heavy (non-hydrogen) atoms. The van der Waals surface area contributed by atoms with E-state index in [9.17, 15) is 13.2 Å². The van der Waals surface area contributed by atoms with Crippen molar-refractivity contribution in [2.75, 3.05) is 37.0 Å². The fourth-order valence-electron chi connectivity index (χ4n) is 4.90. The summed E-state index contributed by atoms with van der Waals surface area (Å²) < 4.78 is 30.6. The molecule has 2 bridgehead atoms. The quantitative estimate of drug-likeness (QED) is 0.715. The third kappa shape index (κ3) is 3.49. The van der Waals surface area contributed by atoms with Gasteiger partial charge in [-0.2, -0.15) is 0 Å². The molecule has 3 aliphatic rings. The van der Waals surface area contributed by atoms with E-state index in [4.69, 9.17) is 9.72 Å². The highest BCUT2D eigenvalue weighted by atomic mass is 32.2. The number of morpholine rings is 1. The first-order valence-corrected chi connectivity index (χ1v) is 12.5. The molecule has 2 fully saturated rings. The van der Waals surface area contributed by atoms with E-state index in [-0.39, 0.29) is 34.2 Å². The first kappa shape index (κ1) is 20.4. The molecule has 8 nitrogen and oxygen atoms in total. The largest absolute Gasteiger partial charge is 0.378 e. The molecule has 3 aliphatic heterocycles. The van der Waals surface area contributed by atoms with Crippen LogP contribution in [0.3, 0.4) is 0 Å². The van der Waals surface area contributed by atoms with Crippen molar-refractivity contribution in [2.45, 2.75) is 43.2 Å². The summed E-state index contributed by atoms with van der Waals surface area (Å²) in [5, 5.41) is 0. The van der Waals surface area contributed by atoms with Crippen molar-refractivity contribution in [1.29, 1.82) is 0 Å². The lowest BCUT2D eigenvalue weighted by atomic mass is 9.98. The van der Waals surface area contributed by atoms with E-state index in [1.54, 1.807) is 25.1 Å². The summed E-state index contributed by atoms with van der Waals surface area (Å²) in [6.07, 6.45) is 4.24.